The van der Waals surface area contributed by atoms with Crippen LogP contribution in [0.1, 0.15) is 18.9 Å². The van der Waals surface area contributed by atoms with Crippen molar-refractivity contribution in [1.82, 2.24) is 10.3 Å². The first-order chi connectivity index (χ1) is 9.70. The number of fused-ring (bicyclic) bond motifs is 1. The number of H-pyrrole nitrogens is 1. The second-order valence-electron chi connectivity index (χ2n) is 4.44. The van der Waals surface area contributed by atoms with Gasteiger partial charge in [0.15, 0.2) is 0 Å². The van der Waals surface area contributed by atoms with E-state index in [1.807, 2.05) is 30.5 Å². The highest BCUT2D eigenvalue weighted by Crippen LogP contribution is 2.17. The quantitative estimate of drug-likeness (QED) is 0.623. The Hall–Kier alpha value is -2.30. The van der Waals surface area contributed by atoms with Crippen LogP contribution in [0.15, 0.2) is 30.5 Å². The maximum Gasteiger partial charge on any atom is 0.315 e. The van der Waals surface area contributed by atoms with Crippen molar-refractivity contribution in [2.45, 2.75) is 19.8 Å². The predicted octanol–water partition coefficient (Wildman–Crippen LogP) is 1.78. The van der Waals surface area contributed by atoms with Gasteiger partial charge in [0.2, 0.25) is 5.91 Å². The summed E-state index contributed by atoms with van der Waals surface area (Å²) in [6.07, 6.45) is 2.45. The second-order valence-corrected chi connectivity index (χ2v) is 4.44. The van der Waals surface area contributed by atoms with E-state index in [0.717, 1.165) is 22.9 Å². The van der Waals surface area contributed by atoms with Gasteiger partial charge in [-0.25, -0.2) is 0 Å². The largest absolute Gasteiger partial charge is 0.466 e. The van der Waals surface area contributed by atoms with E-state index in [-0.39, 0.29) is 12.3 Å². The van der Waals surface area contributed by atoms with E-state index in [1.54, 1.807) is 6.92 Å². The molecular formula is C15H18N2O3. The van der Waals surface area contributed by atoms with Crippen LogP contribution in [0.25, 0.3) is 10.9 Å². The van der Waals surface area contributed by atoms with Gasteiger partial charge >= 0.3 is 5.97 Å². The van der Waals surface area contributed by atoms with Crippen LogP contribution in [0.3, 0.4) is 0 Å². The molecule has 0 spiro atoms. The van der Waals surface area contributed by atoms with Crippen LogP contribution in [0.4, 0.5) is 0 Å². The lowest BCUT2D eigenvalue weighted by Crippen LogP contribution is -2.28. The monoisotopic (exact) mass is 274 g/mol. The number of aromatic nitrogens is 1. The number of hydrogen-bond acceptors (Lipinski definition) is 3. The van der Waals surface area contributed by atoms with Crippen molar-refractivity contribution in [3.63, 3.8) is 0 Å². The third kappa shape index (κ3) is 3.60. The van der Waals surface area contributed by atoms with Crippen molar-refractivity contribution in [2.75, 3.05) is 13.2 Å². The number of rotatable bonds is 6. The number of ether oxygens (including phenoxy) is 1. The van der Waals surface area contributed by atoms with E-state index < -0.39 is 5.97 Å². The van der Waals surface area contributed by atoms with Crippen molar-refractivity contribution in [3.05, 3.63) is 36.0 Å². The van der Waals surface area contributed by atoms with Gasteiger partial charge in [0.25, 0.3) is 0 Å². The van der Waals surface area contributed by atoms with Crippen LogP contribution in [0, 0.1) is 0 Å². The summed E-state index contributed by atoms with van der Waals surface area (Å²) in [5, 5.41) is 3.88. The summed E-state index contributed by atoms with van der Waals surface area (Å²) in [7, 11) is 0. The van der Waals surface area contributed by atoms with E-state index in [2.05, 4.69) is 10.3 Å². The van der Waals surface area contributed by atoms with Gasteiger partial charge in [0.05, 0.1) is 6.61 Å². The average Bonchev–Trinajstić information content (AvgIpc) is 2.82. The van der Waals surface area contributed by atoms with E-state index in [4.69, 9.17) is 4.74 Å². The van der Waals surface area contributed by atoms with Crippen molar-refractivity contribution in [3.8, 4) is 0 Å². The zero-order valence-electron chi connectivity index (χ0n) is 11.4. The minimum atomic E-state index is -0.489. The van der Waals surface area contributed by atoms with Gasteiger partial charge in [-0.15, -0.1) is 0 Å². The molecule has 0 radical (unpaired) electrons. The molecule has 0 unspecified atom stereocenters. The smallest absolute Gasteiger partial charge is 0.315 e. The first-order valence-electron chi connectivity index (χ1n) is 6.68. The Morgan fingerprint density at radius 1 is 1.30 bits per heavy atom. The normalized spacial score (nSPS) is 10.4. The van der Waals surface area contributed by atoms with Gasteiger partial charge < -0.3 is 15.0 Å². The number of carbonyl (C=O) groups excluding carboxylic acids is 2. The Kier molecular flexibility index (Phi) is 4.76. The SMILES string of the molecule is CCOC(=O)CC(=O)NCCc1c[nH]c2ccccc12. The molecule has 1 aromatic heterocycles. The summed E-state index contributed by atoms with van der Waals surface area (Å²) in [5.74, 6) is -0.791. The van der Waals surface area contributed by atoms with Gasteiger partial charge in [0.1, 0.15) is 6.42 Å². The fourth-order valence-electron chi connectivity index (χ4n) is 2.08. The maximum atomic E-state index is 11.5. The van der Waals surface area contributed by atoms with E-state index in [1.165, 1.54) is 0 Å². The van der Waals surface area contributed by atoms with Crippen molar-refractivity contribution in [1.29, 1.82) is 0 Å². The maximum absolute atomic E-state index is 11.5. The third-order valence-electron chi connectivity index (χ3n) is 3.00. The molecule has 0 bridgehead atoms. The Morgan fingerprint density at radius 3 is 2.90 bits per heavy atom. The topological polar surface area (TPSA) is 71.2 Å². The molecule has 0 atom stereocenters. The van der Waals surface area contributed by atoms with Crippen LogP contribution >= 0.6 is 0 Å². The first kappa shape index (κ1) is 14.1. The lowest BCUT2D eigenvalue weighted by molar-refractivity contribution is -0.145. The Labute approximate surface area is 117 Å². The molecule has 0 fully saturated rings. The predicted molar refractivity (Wildman–Crippen MR) is 76.3 cm³/mol. The number of para-hydroxylation sites is 1. The zero-order chi connectivity index (χ0) is 14.4. The van der Waals surface area contributed by atoms with Crippen molar-refractivity contribution >= 4 is 22.8 Å². The molecule has 0 saturated carbocycles. The molecular weight excluding hydrogens is 256 g/mol. The number of carbonyl (C=O) groups is 2. The van der Waals surface area contributed by atoms with E-state index in [9.17, 15) is 9.59 Å². The lowest BCUT2D eigenvalue weighted by atomic mass is 10.1. The Balaban J connectivity index is 1.81. The number of benzene rings is 1. The minimum absolute atomic E-state index is 0.221. The highest BCUT2D eigenvalue weighted by atomic mass is 16.5. The summed E-state index contributed by atoms with van der Waals surface area (Å²) in [4.78, 5) is 25.8. The fourth-order valence-corrected chi connectivity index (χ4v) is 2.08. The van der Waals surface area contributed by atoms with Crippen LogP contribution in [0.2, 0.25) is 0 Å². The molecule has 0 aliphatic heterocycles. The van der Waals surface area contributed by atoms with E-state index in [0.29, 0.717) is 13.2 Å². The van der Waals surface area contributed by atoms with Crippen molar-refractivity contribution in [2.24, 2.45) is 0 Å². The molecule has 5 nitrogen and oxygen atoms in total. The Morgan fingerprint density at radius 2 is 2.10 bits per heavy atom. The highest BCUT2D eigenvalue weighted by Gasteiger charge is 2.09. The third-order valence-corrected chi connectivity index (χ3v) is 3.00. The first-order valence-corrected chi connectivity index (χ1v) is 6.68. The molecule has 1 aromatic carbocycles. The number of nitrogens with one attached hydrogen (secondary N) is 2. The number of amides is 1. The lowest BCUT2D eigenvalue weighted by Gasteiger charge is -2.04. The highest BCUT2D eigenvalue weighted by molar-refractivity contribution is 5.94. The summed E-state index contributed by atoms with van der Waals surface area (Å²) >= 11 is 0. The van der Waals surface area contributed by atoms with Crippen molar-refractivity contribution < 1.29 is 14.3 Å². The van der Waals surface area contributed by atoms with E-state index >= 15 is 0 Å². The number of aromatic amines is 1. The zero-order valence-corrected chi connectivity index (χ0v) is 11.4. The molecule has 106 valence electrons. The average molecular weight is 274 g/mol. The van der Waals surface area contributed by atoms with Crippen LogP contribution in [0.5, 0.6) is 0 Å². The molecule has 5 heteroatoms. The minimum Gasteiger partial charge on any atom is -0.466 e. The van der Waals surface area contributed by atoms with Gasteiger partial charge in [-0.05, 0) is 25.0 Å². The molecule has 1 amide bonds. The molecule has 0 saturated heterocycles. The van der Waals surface area contributed by atoms with Gasteiger partial charge in [-0.2, -0.15) is 0 Å². The number of hydrogen-bond donors (Lipinski definition) is 2. The molecule has 0 aliphatic carbocycles. The molecule has 2 rings (SSSR count). The van der Waals surface area contributed by atoms with Gasteiger partial charge in [0, 0.05) is 23.6 Å². The van der Waals surface area contributed by atoms with Gasteiger partial charge in [-0.3, -0.25) is 9.59 Å². The molecule has 0 aliphatic rings. The molecule has 2 N–H and O–H groups in total. The second kappa shape index (κ2) is 6.75. The van der Waals surface area contributed by atoms with Crippen LogP contribution < -0.4 is 5.32 Å². The summed E-state index contributed by atoms with van der Waals surface area (Å²) in [6, 6.07) is 8.02. The van der Waals surface area contributed by atoms with Gasteiger partial charge in [-0.1, -0.05) is 18.2 Å². The van der Waals surface area contributed by atoms with Crippen LogP contribution in [-0.4, -0.2) is 30.0 Å². The molecule has 20 heavy (non-hydrogen) atoms. The summed E-state index contributed by atoms with van der Waals surface area (Å²) in [6.45, 7) is 2.51. The fraction of sp³-hybridized carbons (Fsp3) is 0.333. The summed E-state index contributed by atoms with van der Waals surface area (Å²) < 4.78 is 4.72. The summed E-state index contributed by atoms with van der Waals surface area (Å²) in [5.41, 5.74) is 2.23. The number of esters is 1. The van der Waals surface area contributed by atoms with Crippen LogP contribution in [-0.2, 0) is 20.7 Å². The molecule has 1 heterocycles. The Bertz CT molecular complexity index is 604. The standard InChI is InChI=1S/C15H18N2O3/c1-2-20-15(19)9-14(18)16-8-7-11-10-17-13-6-4-3-5-12(11)13/h3-6,10,17H,2,7-9H2,1H3,(H,16,18). The molecule has 2 aromatic rings.